The fourth-order valence-electron chi connectivity index (χ4n) is 2.33. The first-order valence-electron chi connectivity index (χ1n) is 7.22. The normalized spacial score (nSPS) is 12.0. The highest BCUT2D eigenvalue weighted by Gasteiger charge is 2.19. The van der Waals surface area contributed by atoms with E-state index < -0.39 is 5.82 Å². The molecule has 0 saturated heterocycles. The molecule has 0 fully saturated rings. The largest absolute Gasteiger partial charge is 0.494 e. The maximum Gasteiger partial charge on any atom is 0.251 e. The highest BCUT2D eigenvalue weighted by atomic mass is 19.1. The number of benzene rings is 2. The standard InChI is InChI=1S/C18H20FNO2/c1-12(2)17(13-7-5-4-6-8-13)20-18(21)14-9-10-16(22-3)15(19)11-14/h4-12,17H,1-3H3,(H,20,21). The van der Waals surface area contributed by atoms with Crippen molar-refractivity contribution in [3.63, 3.8) is 0 Å². The van der Waals surface area contributed by atoms with Crippen LogP contribution >= 0.6 is 0 Å². The van der Waals surface area contributed by atoms with E-state index in [9.17, 15) is 9.18 Å². The van der Waals surface area contributed by atoms with Crippen molar-refractivity contribution in [1.29, 1.82) is 0 Å². The Labute approximate surface area is 130 Å². The molecule has 22 heavy (non-hydrogen) atoms. The van der Waals surface area contributed by atoms with Gasteiger partial charge in [-0.05, 0) is 29.7 Å². The molecule has 2 rings (SSSR count). The molecule has 1 atom stereocenters. The van der Waals surface area contributed by atoms with E-state index in [-0.39, 0.29) is 29.2 Å². The summed E-state index contributed by atoms with van der Waals surface area (Å²) in [6.45, 7) is 4.07. The predicted molar refractivity (Wildman–Crippen MR) is 84.4 cm³/mol. The van der Waals surface area contributed by atoms with Crippen molar-refractivity contribution >= 4 is 5.91 Å². The van der Waals surface area contributed by atoms with Gasteiger partial charge in [-0.2, -0.15) is 0 Å². The molecule has 3 nitrogen and oxygen atoms in total. The first-order chi connectivity index (χ1) is 10.5. The smallest absolute Gasteiger partial charge is 0.251 e. The molecule has 2 aromatic carbocycles. The van der Waals surface area contributed by atoms with Gasteiger partial charge in [0.15, 0.2) is 11.6 Å². The summed E-state index contributed by atoms with van der Waals surface area (Å²) in [4.78, 5) is 12.4. The van der Waals surface area contributed by atoms with Gasteiger partial charge in [-0.3, -0.25) is 4.79 Å². The third kappa shape index (κ3) is 3.64. The van der Waals surface area contributed by atoms with Crippen molar-refractivity contribution in [2.45, 2.75) is 19.9 Å². The van der Waals surface area contributed by atoms with E-state index in [0.29, 0.717) is 0 Å². The molecular weight excluding hydrogens is 281 g/mol. The molecular formula is C18H20FNO2. The Hall–Kier alpha value is -2.36. The molecule has 1 N–H and O–H groups in total. The fourth-order valence-corrected chi connectivity index (χ4v) is 2.33. The molecule has 0 spiro atoms. The molecule has 0 aliphatic rings. The van der Waals surface area contributed by atoms with E-state index in [4.69, 9.17) is 4.74 Å². The van der Waals surface area contributed by atoms with E-state index in [1.807, 2.05) is 44.2 Å². The zero-order chi connectivity index (χ0) is 16.1. The van der Waals surface area contributed by atoms with Crippen LogP contribution in [0.3, 0.4) is 0 Å². The average molecular weight is 301 g/mol. The van der Waals surface area contributed by atoms with Gasteiger partial charge in [0.2, 0.25) is 0 Å². The number of carbonyl (C=O) groups excluding carboxylic acids is 1. The summed E-state index contributed by atoms with van der Waals surface area (Å²) in [5.41, 5.74) is 1.31. The van der Waals surface area contributed by atoms with Gasteiger partial charge in [0.1, 0.15) is 0 Å². The summed E-state index contributed by atoms with van der Waals surface area (Å²) in [7, 11) is 1.39. The fraction of sp³-hybridized carbons (Fsp3) is 0.278. The van der Waals surface area contributed by atoms with Gasteiger partial charge in [-0.15, -0.1) is 0 Å². The van der Waals surface area contributed by atoms with Gasteiger partial charge in [0.25, 0.3) is 5.91 Å². The Balaban J connectivity index is 2.20. The highest BCUT2D eigenvalue weighted by Crippen LogP contribution is 2.23. The minimum Gasteiger partial charge on any atom is -0.494 e. The van der Waals surface area contributed by atoms with Gasteiger partial charge < -0.3 is 10.1 Å². The lowest BCUT2D eigenvalue weighted by molar-refractivity contribution is 0.0925. The number of halogens is 1. The van der Waals surface area contributed by atoms with Gasteiger partial charge >= 0.3 is 0 Å². The van der Waals surface area contributed by atoms with Crippen LogP contribution in [0.15, 0.2) is 48.5 Å². The molecule has 116 valence electrons. The Morgan fingerprint density at radius 3 is 2.36 bits per heavy atom. The van der Waals surface area contributed by atoms with Gasteiger partial charge in [-0.25, -0.2) is 4.39 Å². The maximum absolute atomic E-state index is 13.7. The second kappa shape index (κ2) is 7.07. The molecule has 1 unspecified atom stereocenters. The number of amides is 1. The van der Waals surface area contributed by atoms with E-state index >= 15 is 0 Å². The van der Waals surface area contributed by atoms with Crippen LogP contribution in [-0.2, 0) is 0 Å². The predicted octanol–water partition coefficient (Wildman–Crippen LogP) is 3.96. The van der Waals surface area contributed by atoms with E-state index in [1.165, 1.54) is 19.2 Å². The SMILES string of the molecule is COc1ccc(C(=O)NC(c2ccccc2)C(C)C)cc1F. The van der Waals surface area contributed by atoms with Crippen molar-refractivity contribution in [2.24, 2.45) is 5.92 Å². The summed E-state index contributed by atoms with van der Waals surface area (Å²) in [5, 5.41) is 2.97. The third-order valence-corrected chi connectivity index (χ3v) is 3.53. The minimum absolute atomic E-state index is 0.125. The van der Waals surface area contributed by atoms with Crippen molar-refractivity contribution in [2.75, 3.05) is 7.11 Å². The number of methoxy groups -OCH3 is 1. The quantitative estimate of drug-likeness (QED) is 0.907. The van der Waals surface area contributed by atoms with Gasteiger partial charge in [-0.1, -0.05) is 44.2 Å². The van der Waals surface area contributed by atoms with Crippen LogP contribution < -0.4 is 10.1 Å². The third-order valence-electron chi connectivity index (χ3n) is 3.53. The molecule has 0 heterocycles. The molecule has 0 aliphatic carbocycles. The Morgan fingerprint density at radius 2 is 1.82 bits per heavy atom. The maximum atomic E-state index is 13.7. The summed E-state index contributed by atoms with van der Waals surface area (Å²) < 4.78 is 18.6. The topological polar surface area (TPSA) is 38.3 Å². The summed E-state index contributed by atoms with van der Waals surface area (Å²) in [6, 6.07) is 13.8. The van der Waals surface area contributed by atoms with Crippen LogP contribution in [0.1, 0.15) is 35.8 Å². The summed E-state index contributed by atoms with van der Waals surface area (Å²) in [6.07, 6.45) is 0. The Kier molecular flexibility index (Phi) is 5.15. The van der Waals surface area contributed by atoms with Crippen molar-refractivity contribution in [3.8, 4) is 5.75 Å². The number of nitrogens with one attached hydrogen (secondary N) is 1. The number of rotatable bonds is 5. The molecule has 1 amide bonds. The van der Waals surface area contributed by atoms with Gasteiger partial charge in [0.05, 0.1) is 13.2 Å². The second-order valence-electron chi connectivity index (χ2n) is 5.46. The average Bonchev–Trinajstić information content (AvgIpc) is 2.52. The summed E-state index contributed by atoms with van der Waals surface area (Å²) in [5.74, 6) is -0.505. The lowest BCUT2D eigenvalue weighted by atomic mass is 9.95. The Bertz CT molecular complexity index is 641. The zero-order valence-corrected chi connectivity index (χ0v) is 13.0. The lowest BCUT2D eigenvalue weighted by Crippen LogP contribution is -2.31. The molecule has 0 radical (unpaired) electrons. The first-order valence-corrected chi connectivity index (χ1v) is 7.22. The first kappa shape index (κ1) is 16.0. The van der Waals surface area contributed by atoms with Crippen molar-refractivity contribution < 1.29 is 13.9 Å². The lowest BCUT2D eigenvalue weighted by Gasteiger charge is -2.23. The van der Waals surface area contributed by atoms with Crippen LogP contribution in [0.4, 0.5) is 4.39 Å². The summed E-state index contributed by atoms with van der Waals surface area (Å²) >= 11 is 0. The van der Waals surface area contributed by atoms with E-state index in [0.717, 1.165) is 5.56 Å². The number of ether oxygens (including phenoxy) is 1. The monoisotopic (exact) mass is 301 g/mol. The van der Waals surface area contributed by atoms with E-state index in [2.05, 4.69) is 5.32 Å². The molecule has 2 aromatic rings. The van der Waals surface area contributed by atoms with Crippen LogP contribution in [0.2, 0.25) is 0 Å². The second-order valence-corrected chi connectivity index (χ2v) is 5.46. The highest BCUT2D eigenvalue weighted by molar-refractivity contribution is 5.94. The molecule has 0 bridgehead atoms. The molecule has 0 saturated carbocycles. The van der Waals surface area contributed by atoms with Gasteiger partial charge in [0, 0.05) is 5.56 Å². The molecule has 0 aromatic heterocycles. The Morgan fingerprint density at radius 1 is 1.14 bits per heavy atom. The van der Waals surface area contributed by atoms with E-state index in [1.54, 1.807) is 6.07 Å². The minimum atomic E-state index is -0.545. The van der Waals surface area contributed by atoms with Crippen LogP contribution in [-0.4, -0.2) is 13.0 Å². The number of hydrogen-bond acceptors (Lipinski definition) is 2. The van der Waals surface area contributed by atoms with Crippen LogP contribution in [0.25, 0.3) is 0 Å². The van der Waals surface area contributed by atoms with Crippen LogP contribution in [0, 0.1) is 11.7 Å². The van der Waals surface area contributed by atoms with Crippen LogP contribution in [0.5, 0.6) is 5.75 Å². The number of hydrogen-bond donors (Lipinski definition) is 1. The molecule has 4 heteroatoms. The molecule has 0 aliphatic heterocycles. The zero-order valence-electron chi connectivity index (χ0n) is 13.0. The van der Waals surface area contributed by atoms with Crippen molar-refractivity contribution in [3.05, 3.63) is 65.5 Å². The number of carbonyl (C=O) groups is 1. The van der Waals surface area contributed by atoms with Crippen molar-refractivity contribution in [1.82, 2.24) is 5.32 Å².